The zero-order valence-electron chi connectivity index (χ0n) is 12.0. The van der Waals surface area contributed by atoms with E-state index in [1.807, 2.05) is 6.92 Å². The van der Waals surface area contributed by atoms with Crippen molar-refractivity contribution in [3.05, 3.63) is 23.8 Å². The predicted octanol–water partition coefficient (Wildman–Crippen LogP) is 4.45. The molecular formula is C15H18F3NO2. The van der Waals surface area contributed by atoms with Crippen molar-refractivity contribution in [3.63, 3.8) is 0 Å². The first-order valence-corrected chi connectivity index (χ1v) is 7.01. The number of alkyl halides is 3. The van der Waals surface area contributed by atoms with E-state index in [1.54, 1.807) is 6.07 Å². The van der Waals surface area contributed by atoms with E-state index in [0.717, 1.165) is 12.8 Å². The fourth-order valence-corrected chi connectivity index (χ4v) is 2.78. The van der Waals surface area contributed by atoms with Gasteiger partial charge in [-0.2, -0.15) is 0 Å². The molecule has 0 saturated carbocycles. The summed E-state index contributed by atoms with van der Waals surface area (Å²) in [6, 6.07) is 4.38. The van der Waals surface area contributed by atoms with Crippen molar-refractivity contribution < 1.29 is 22.7 Å². The molecule has 6 heteroatoms. The van der Waals surface area contributed by atoms with Gasteiger partial charge in [-0.25, -0.2) is 0 Å². The van der Waals surface area contributed by atoms with Gasteiger partial charge >= 0.3 is 6.36 Å². The molecule has 1 aliphatic rings. The van der Waals surface area contributed by atoms with Crippen LogP contribution in [0.3, 0.4) is 0 Å². The maximum atomic E-state index is 12.4. The fourth-order valence-electron chi connectivity index (χ4n) is 2.78. The molecule has 3 nitrogen and oxygen atoms in total. The van der Waals surface area contributed by atoms with E-state index in [9.17, 15) is 18.0 Å². The summed E-state index contributed by atoms with van der Waals surface area (Å²) >= 11 is 0. The molecule has 1 aromatic carbocycles. The quantitative estimate of drug-likeness (QED) is 0.872. The SMILES string of the molecule is CCCC(C)CC1C(=O)Nc2c(OC(F)(F)F)cccc21. The number of hydrogen-bond donors (Lipinski definition) is 1. The number of nitrogens with one attached hydrogen (secondary N) is 1. The monoisotopic (exact) mass is 301 g/mol. The van der Waals surface area contributed by atoms with Crippen LogP contribution in [0.1, 0.15) is 44.6 Å². The Kier molecular flexibility index (Phi) is 4.44. The summed E-state index contributed by atoms with van der Waals surface area (Å²) in [5, 5.41) is 2.52. The van der Waals surface area contributed by atoms with Gasteiger partial charge in [0.1, 0.15) is 0 Å². The number of carbonyl (C=O) groups excluding carboxylic acids is 1. The second-order valence-corrected chi connectivity index (χ2v) is 5.44. The Morgan fingerprint density at radius 3 is 2.71 bits per heavy atom. The molecule has 0 aromatic heterocycles. The summed E-state index contributed by atoms with van der Waals surface area (Å²) in [7, 11) is 0. The van der Waals surface area contributed by atoms with Crippen LogP contribution in [-0.2, 0) is 4.79 Å². The molecule has 2 unspecified atom stereocenters. The van der Waals surface area contributed by atoms with E-state index in [4.69, 9.17) is 0 Å². The van der Waals surface area contributed by atoms with Crippen LogP contribution in [0.5, 0.6) is 5.75 Å². The third-order valence-electron chi connectivity index (χ3n) is 3.64. The van der Waals surface area contributed by atoms with Crippen molar-refractivity contribution in [1.82, 2.24) is 0 Å². The molecule has 0 spiro atoms. The molecule has 2 rings (SSSR count). The molecule has 0 fully saturated rings. The van der Waals surface area contributed by atoms with E-state index in [-0.39, 0.29) is 17.3 Å². The first kappa shape index (κ1) is 15.7. The summed E-state index contributed by atoms with van der Waals surface area (Å²) in [5.74, 6) is -0.674. The molecular weight excluding hydrogens is 283 g/mol. The standard InChI is InChI=1S/C15H18F3NO2/c1-3-5-9(2)8-11-10-6-4-7-12(21-15(16,17)18)13(10)19-14(11)20/h4,6-7,9,11H,3,5,8H2,1-2H3,(H,19,20). The van der Waals surface area contributed by atoms with Crippen LogP contribution in [0.25, 0.3) is 0 Å². The Morgan fingerprint density at radius 2 is 2.10 bits per heavy atom. The number of anilines is 1. The Morgan fingerprint density at radius 1 is 1.38 bits per heavy atom. The van der Waals surface area contributed by atoms with E-state index in [0.29, 0.717) is 17.9 Å². The maximum absolute atomic E-state index is 12.4. The number of para-hydroxylation sites is 1. The highest BCUT2D eigenvalue weighted by atomic mass is 19.4. The molecule has 1 N–H and O–H groups in total. The molecule has 0 saturated heterocycles. The molecule has 0 aliphatic carbocycles. The minimum Gasteiger partial charge on any atom is -0.404 e. The molecule has 21 heavy (non-hydrogen) atoms. The van der Waals surface area contributed by atoms with Gasteiger partial charge in [-0.1, -0.05) is 38.8 Å². The Balaban J connectivity index is 2.25. The number of hydrogen-bond acceptors (Lipinski definition) is 2. The number of fused-ring (bicyclic) bond motifs is 1. The number of amides is 1. The van der Waals surface area contributed by atoms with Crippen LogP contribution in [0, 0.1) is 5.92 Å². The number of ether oxygens (including phenoxy) is 1. The molecule has 0 radical (unpaired) electrons. The van der Waals surface area contributed by atoms with Crippen LogP contribution in [0.15, 0.2) is 18.2 Å². The fraction of sp³-hybridized carbons (Fsp3) is 0.533. The molecule has 116 valence electrons. The zero-order valence-corrected chi connectivity index (χ0v) is 12.0. The third kappa shape index (κ3) is 3.68. The number of rotatable bonds is 5. The average Bonchev–Trinajstić information content (AvgIpc) is 2.66. The number of halogens is 3. The van der Waals surface area contributed by atoms with Gasteiger partial charge in [0.25, 0.3) is 0 Å². The van der Waals surface area contributed by atoms with E-state index < -0.39 is 12.3 Å². The Labute approximate surface area is 121 Å². The summed E-state index contributed by atoms with van der Waals surface area (Å²) in [6.45, 7) is 4.11. The van der Waals surface area contributed by atoms with Crippen molar-refractivity contribution >= 4 is 11.6 Å². The van der Waals surface area contributed by atoms with E-state index >= 15 is 0 Å². The molecule has 1 amide bonds. The van der Waals surface area contributed by atoms with Gasteiger partial charge < -0.3 is 10.1 Å². The van der Waals surface area contributed by atoms with E-state index in [2.05, 4.69) is 17.0 Å². The maximum Gasteiger partial charge on any atom is 0.573 e. The highest BCUT2D eigenvalue weighted by molar-refractivity contribution is 6.04. The van der Waals surface area contributed by atoms with Crippen LogP contribution in [0.4, 0.5) is 18.9 Å². The minimum absolute atomic E-state index is 0.147. The van der Waals surface area contributed by atoms with Crippen molar-refractivity contribution in [2.24, 2.45) is 5.92 Å². The predicted molar refractivity (Wildman–Crippen MR) is 73.2 cm³/mol. The van der Waals surface area contributed by atoms with Crippen molar-refractivity contribution in [3.8, 4) is 5.75 Å². The zero-order chi connectivity index (χ0) is 15.6. The average molecular weight is 301 g/mol. The third-order valence-corrected chi connectivity index (χ3v) is 3.64. The second-order valence-electron chi connectivity index (χ2n) is 5.44. The molecule has 0 bridgehead atoms. The molecule has 1 heterocycles. The van der Waals surface area contributed by atoms with E-state index in [1.165, 1.54) is 12.1 Å². The minimum atomic E-state index is -4.77. The highest BCUT2D eigenvalue weighted by Crippen LogP contribution is 2.43. The lowest BCUT2D eigenvalue weighted by Crippen LogP contribution is -2.18. The highest BCUT2D eigenvalue weighted by Gasteiger charge is 2.37. The Bertz CT molecular complexity index is 528. The van der Waals surface area contributed by atoms with Gasteiger partial charge in [0.2, 0.25) is 5.91 Å². The van der Waals surface area contributed by atoms with Crippen LogP contribution in [-0.4, -0.2) is 12.3 Å². The largest absolute Gasteiger partial charge is 0.573 e. The number of carbonyl (C=O) groups is 1. The molecule has 2 atom stereocenters. The molecule has 1 aliphatic heterocycles. The topological polar surface area (TPSA) is 38.3 Å². The van der Waals surface area contributed by atoms with Gasteiger partial charge in [0, 0.05) is 0 Å². The van der Waals surface area contributed by atoms with Gasteiger partial charge in [0.05, 0.1) is 11.6 Å². The molecule has 1 aromatic rings. The first-order valence-electron chi connectivity index (χ1n) is 7.01. The lowest BCUT2D eigenvalue weighted by molar-refractivity contribution is -0.274. The first-order chi connectivity index (χ1) is 9.81. The summed E-state index contributed by atoms with van der Waals surface area (Å²) < 4.78 is 41.1. The summed E-state index contributed by atoms with van der Waals surface area (Å²) in [5.41, 5.74) is 0.734. The lowest BCUT2D eigenvalue weighted by Gasteiger charge is -2.15. The smallest absolute Gasteiger partial charge is 0.404 e. The second kappa shape index (κ2) is 5.95. The Hall–Kier alpha value is -1.72. The van der Waals surface area contributed by atoms with Crippen LogP contribution < -0.4 is 10.1 Å². The summed E-state index contributed by atoms with van der Waals surface area (Å²) in [6.07, 6.45) is -2.15. The normalized spacial score (nSPS) is 19.1. The van der Waals surface area contributed by atoms with Gasteiger partial charge in [0.15, 0.2) is 5.75 Å². The van der Waals surface area contributed by atoms with Crippen LogP contribution in [0.2, 0.25) is 0 Å². The number of benzene rings is 1. The van der Waals surface area contributed by atoms with Crippen molar-refractivity contribution in [1.29, 1.82) is 0 Å². The van der Waals surface area contributed by atoms with Crippen LogP contribution >= 0.6 is 0 Å². The van der Waals surface area contributed by atoms with Crippen molar-refractivity contribution in [2.45, 2.75) is 45.4 Å². The van der Waals surface area contributed by atoms with Gasteiger partial charge in [-0.3, -0.25) is 4.79 Å². The lowest BCUT2D eigenvalue weighted by atomic mass is 9.88. The summed E-state index contributed by atoms with van der Waals surface area (Å²) in [4.78, 5) is 12.0. The van der Waals surface area contributed by atoms with Gasteiger partial charge in [-0.15, -0.1) is 13.2 Å². The van der Waals surface area contributed by atoms with Crippen molar-refractivity contribution in [2.75, 3.05) is 5.32 Å². The van der Waals surface area contributed by atoms with Gasteiger partial charge in [-0.05, 0) is 24.0 Å².